The molecule has 0 saturated heterocycles. The van der Waals surface area contributed by atoms with Crippen molar-refractivity contribution in [3.05, 3.63) is 63.4 Å². The molecule has 8 heteroatoms. The quantitative estimate of drug-likeness (QED) is 0.384. The van der Waals surface area contributed by atoms with Crippen LogP contribution in [0.3, 0.4) is 0 Å². The van der Waals surface area contributed by atoms with Gasteiger partial charge in [-0.1, -0.05) is 12.1 Å². The summed E-state index contributed by atoms with van der Waals surface area (Å²) in [7, 11) is 1.30. The molecule has 1 N–H and O–H groups in total. The first-order valence-corrected chi connectivity index (χ1v) is 9.60. The fraction of sp³-hybridized carbons (Fsp3) is 0.238. The molecule has 7 nitrogen and oxygen atoms in total. The first-order chi connectivity index (χ1) is 13.9. The smallest absolute Gasteiger partial charge is 0.337 e. The van der Waals surface area contributed by atoms with Crippen LogP contribution in [-0.4, -0.2) is 43.9 Å². The molecule has 0 atom stereocenters. The molecule has 2 aromatic rings. The van der Waals surface area contributed by atoms with Gasteiger partial charge in [0.2, 0.25) is 11.7 Å². The Labute approximate surface area is 172 Å². The van der Waals surface area contributed by atoms with E-state index >= 15 is 0 Å². The molecule has 0 bridgehead atoms. The average molecular weight is 415 g/mol. The van der Waals surface area contributed by atoms with Gasteiger partial charge in [-0.3, -0.25) is 9.59 Å². The van der Waals surface area contributed by atoms with Crippen LogP contribution in [0.4, 0.5) is 0 Å². The number of ether oxygens (including phenoxy) is 2. The second-order valence-corrected chi connectivity index (χ2v) is 7.15. The molecule has 0 unspecified atom stereocenters. The molecule has 0 radical (unpaired) electrons. The minimum absolute atomic E-state index is 0.0998. The maximum Gasteiger partial charge on any atom is 0.337 e. The number of rotatable bonds is 9. The maximum absolute atomic E-state index is 12.1. The molecule has 1 aromatic heterocycles. The lowest BCUT2D eigenvalue weighted by atomic mass is 10.1. The number of carbonyl (C=O) groups excluding carboxylic acids is 4. The number of esters is 2. The molecule has 0 saturated carbocycles. The zero-order valence-electron chi connectivity index (χ0n) is 16.1. The molecule has 152 valence electrons. The number of nitrogens with one attached hydrogen (secondary N) is 1. The van der Waals surface area contributed by atoms with Crippen LogP contribution in [0.1, 0.15) is 37.4 Å². The first kappa shape index (κ1) is 22.0. The maximum atomic E-state index is 12.1. The van der Waals surface area contributed by atoms with Crippen molar-refractivity contribution < 1.29 is 28.7 Å². The normalized spacial score (nSPS) is 10.6. The Morgan fingerprint density at radius 3 is 2.45 bits per heavy atom. The van der Waals surface area contributed by atoms with Crippen molar-refractivity contribution in [3.8, 4) is 0 Å². The Balaban J connectivity index is 1.80. The van der Waals surface area contributed by atoms with E-state index in [2.05, 4.69) is 10.1 Å². The monoisotopic (exact) mass is 415 g/mol. The SMILES string of the molecule is COC(=O)c1ccc(/C=C/C(=O)OCC(=O)c2ccc(CCNC(C)=O)s2)cc1. The third-order valence-electron chi connectivity index (χ3n) is 3.77. The highest BCUT2D eigenvalue weighted by Crippen LogP contribution is 2.17. The van der Waals surface area contributed by atoms with E-state index in [4.69, 9.17) is 4.74 Å². The highest BCUT2D eigenvalue weighted by Gasteiger charge is 2.11. The highest BCUT2D eigenvalue weighted by molar-refractivity contribution is 7.14. The second-order valence-electron chi connectivity index (χ2n) is 5.98. The lowest BCUT2D eigenvalue weighted by molar-refractivity contribution is -0.136. The van der Waals surface area contributed by atoms with E-state index in [1.807, 2.05) is 6.07 Å². The number of hydrogen-bond donors (Lipinski definition) is 1. The molecule has 1 heterocycles. The number of ketones is 1. The zero-order chi connectivity index (χ0) is 21.2. The predicted octanol–water partition coefficient (Wildman–Crippen LogP) is 2.65. The summed E-state index contributed by atoms with van der Waals surface area (Å²) in [5.41, 5.74) is 1.10. The number of thiophene rings is 1. The molecular weight excluding hydrogens is 394 g/mol. The molecule has 29 heavy (non-hydrogen) atoms. The summed E-state index contributed by atoms with van der Waals surface area (Å²) in [6.45, 7) is 1.60. The van der Waals surface area contributed by atoms with Crippen molar-refractivity contribution in [2.75, 3.05) is 20.3 Å². The summed E-state index contributed by atoms with van der Waals surface area (Å²) in [5, 5.41) is 2.69. The van der Waals surface area contributed by atoms with Gasteiger partial charge >= 0.3 is 11.9 Å². The summed E-state index contributed by atoms with van der Waals surface area (Å²) in [6, 6.07) is 9.99. The van der Waals surface area contributed by atoms with Crippen molar-refractivity contribution in [2.45, 2.75) is 13.3 Å². The number of methoxy groups -OCH3 is 1. The fourth-order valence-electron chi connectivity index (χ4n) is 2.29. The van der Waals surface area contributed by atoms with Crippen LogP contribution in [0, 0.1) is 0 Å². The Hall–Kier alpha value is -3.26. The van der Waals surface area contributed by atoms with Crippen molar-refractivity contribution in [1.29, 1.82) is 0 Å². The molecular formula is C21H21NO6S. The largest absolute Gasteiger partial charge is 0.465 e. The van der Waals surface area contributed by atoms with Gasteiger partial charge in [-0.2, -0.15) is 0 Å². The van der Waals surface area contributed by atoms with Gasteiger partial charge in [0.1, 0.15) is 0 Å². The van der Waals surface area contributed by atoms with Gasteiger partial charge < -0.3 is 14.8 Å². The number of amides is 1. The van der Waals surface area contributed by atoms with Crippen LogP contribution < -0.4 is 5.32 Å². The molecule has 1 amide bonds. The molecule has 0 spiro atoms. The van der Waals surface area contributed by atoms with E-state index in [1.165, 1.54) is 37.5 Å². The van der Waals surface area contributed by atoms with Gasteiger partial charge in [0.05, 0.1) is 17.6 Å². The summed E-state index contributed by atoms with van der Waals surface area (Å²) in [5.74, 6) is -1.47. The van der Waals surface area contributed by atoms with E-state index in [9.17, 15) is 19.2 Å². The van der Waals surface area contributed by atoms with E-state index in [-0.39, 0.29) is 18.3 Å². The first-order valence-electron chi connectivity index (χ1n) is 8.78. The molecule has 2 rings (SSSR count). The van der Waals surface area contributed by atoms with E-state index in [0.29, 0.717) is 29.0 Å². The number of hydrogen-bond acceptors (Lipinski definition) is 7. The van der Waals surface area contributed by atoms with Crippen molar-refractivity contribution in [3.63, 3.8) is 0 Å². The molecule has 0 aliphatic carbocycles. The molecule has 0 fully saturated rings. The topological polar surface area (TPSA) is 98.8 Å². The Morgan fingerprint density at radius 1 is 1.07 bits per heavy atom. The van der Waals surface area contributed by atoms with Gasteiger partial charge in [-0.15, -0.1) is 11.3 Å². The molecule has 1 aromatic carbocycles. The average Bonchev–Trinajstić information content (AvgIpc) is 3.19. The molecule has 0 aliphatic rings. The Bertz CT molecular complexity index is 914. The number of benzene rings is 1. The summed E-state index contributed by atoms with van der Waals surface area (Å²) in [6.07, 6.45) is 3.38. The van der Waals surface area contributed by atoms with Crippen molar-refractivity contribution >= 4 is 41.0 Å². The molecule has 0 aliphatic heterocycles. The van der Waals surface area contributed by atoms with Crippen molar-refractivity contribution in [2.24, 2.45) is 0 Å². The summed E-state index contributed by atoms with van der Waals surface area (Å²) in [4.78, 5) is 47.7. The van der Waals surface area contributed by atoms with Gasteiger partial charge in [0, 0.05) is 24.4 Å². The third-order valence-corrected chi connectivity index (χ3v) is 4.96. The van der Waals surface area contributed by atoms with Crippen molar-refractivity contribution in [1.82, 2.24) is 5.32 Å². The lowest BCUT2D eigenvalue weighted by Gasteiger charge is -2.01. The minimum Gasteiger partial charge on any atom is -0.465 e. The van der Waals surface area contributed by atoms with Gasteiger partial charge in [-0.25, -0.2) is 9.59 Å². The van der Waals surface area contributed by atoms with Crippen LogP contribution >= 0.6 is 11.3 Å². The van der Waals surface area contributed by atoms with Crippen LogP contribution in [0.15, 0.2) is 42.5 Å². The summed E-state index contributed by atoms with van der Waals surface area (Å²) >= 11 is 1.31. The Kier molecular flexibility index (Phi) is 8.29. The number of carbonyl (C=O) groups is 4. The van der Waals surface area contributed by atoms with Crippen LogP contribution in [0.2, 0.25) is 0 Å². The van der Waals surface area contributed by atoms with E-state index < -0.39 is 11.9 Å². The highest BCUT2D eigenvalue weighted by atomic mass is 32.1. The van der Waals surface area contributed by atoms with Gasteiger partial charge in [0.25, 0.3) is 0 Å². The fourth-order valence-corrected chi connectivity index (χ4v) is 3.22. The van der Waals surface area contributed by atoms with Crippen LogP contribution in [-0.2, 0) is 25.5 Å². The zero-order valence-corrected chi connectivity index (χ0v) is 16.9. The van der Waals surface area contributed by atoms with Crippen LogP contribution in [0.5, 0.6) is 0 Å². The van der Waals surface area contributed by atoms with E-state index in [0.717, 1.165) is 4.88 Å². The Morgan fingerprint density at radius 2 is 1.79 bits per heavy atom. The predicted molar refractivity (Wildman–Crippen MR) is 109 cm³/mol. The lowest BCUT2D eigenvalue weighted by Crippen LogP contribution is -2.22. The standard InChI is InChI=1S/C21H21NO6S/c1-14(23)22-12-11-17-8-9-19(29-17)18(24)13-28-20(25)10-5-15-3-6-16(7-4-15)21(26)27-2/h3-10H,11-13H2,1-2H3,(H,22,23)/b10-5+. The van der Waals surface area contributed by atoms with Gasteiger partial charge in [0.15, 0.2) is 6.61 Å². The number of Topliss-reactive ketones (excluding diaryl/α,β-unsaturated/α-hetero) is 1. The third kappa shape index (κ3) is 7.34. The second kappa shape index (κ2) is 10.9. The minimum atomic E-state index is -0.641. The summed E-state index contributed by atoms with van der Waals surface area (Å²) < 4.78 is 9.60. The van der Waals surface area contributed by atoms with Crippen LogP contribution in [0.25, 0.3) is 6.08 Å². The van der Waals surface area contributed by atoms with E-state index in [1.54, 1.807) is 30.3 Å². The van der Waals surface area contributed by atoms with Gasteiger partial charge in [-0.05, 0) is 42.3 Å².